The van der Waals surface area contributed by atoms with Crippen LogP contribution in [0.25, 0.3) is 5.69 Å². The van der Waals surface area contributed by atoms with Crippen molar-refractivity contribution in [2.24, 2.45) is 5.10 Å². The highest BCUT2D eigenvalue weighted by Gasteiger charge is 2.03. The zero-order chi connectivity index (χ0) is 14.5. The van der Waals surface area contributed by atoms with E-state index in [1.807, 2.05) is 43.5 Å². The minimum Gasteiger partial charge on any atom is -0.497 e. The van der Waals surface area contributed by atoms with Gasteiger partial charge in [-0.15, -0.1) is 0 Å². The molecule has 0 spiro atoms. The molecular formula is C15H17N3O2. The third kappa shape index (κ3) is 3.26. The van der Waals surface area contributed by atoms with Crippen molar-refractivity contribution in [2.45, 2.75) is 13.8 Å². The highest BCUT2D eigenvalue weighted by molar-refractivity contribution is 5.82. The molecule has 0 fully saturated rings. The summed E-state index contributed by atoms with van der Waals surface area (Å²) in [6, 6.07) is 9.80. The van der Waals surface area contributed by atoms with Gasteiger partial charge in [-0.1, -0.05) is 0 Å². The van der Waals surface area contributed by atoms with Crippen molar-refractivity contribution in [3.63, 3.8) is 0 Å². The van der Waals surface area contributed by atoms with Crippen molar-refractivity contribution in [3.8, 4) is 11.4 Å². The van der Waals surface area contributed by atoms with Crippen LogP contribution in [-0.4, -0.2) is 23.8 Å². The number of benzene rings is 1. The lowest BCUT2D eigenvalue weighted by Gasteiger charge is -2.06. The Balaban J connectivity index is 2.22. The molecule has 2 rings (SSSR count). The molecule has 1 aromatic carbocycles. The van der Waals surface area contributed by atoms with Crippen molar-refractivity contribution >= 4 is 12.1 Å². The molecule has 0 bridgehead atoms. The van der Waals surface area contributed by atoms with E-state index >= 15 is 0 Å². The number of hydrazone groups is 1. The van der Waals surface area contributed by atoms with Gasteiger partial charge in [-0.25, -0.2) is 5.43 Å². The summed E-state index contributed by atoms with van der Waals surface area (Å²) in [6.07, 6.45) is 3.58. The maximum Gasteiger partial charge on any atom is 0.236 e. The van der Waals surface area contributed by atoms with Gasteiger partial charge in [-0.3, -0.25) is 4.79 Å². The van der Waals surface area contributed by atoms with Crippen LogP contribution in [0.15, 0.2) is 41.6 Å². The standard InChI is InChI=1S/C15H17N3O2/c1-11-8-13(9-16-17-12(2)19)10-18(11)14-4-6-15(20-3)7-5-14/h4-10H,1-3H3,(H,17,19)/b16-9-. The summed E-state index contributed by atoms with van der Waals surface area (Å²) in [5.41, 5.74) is 5.43. The Morgan fingerprint density at radius 1 is 1.35 bits per heavy atom. The van der Waals surface area contributed by atoms with Gasteiger partial charge < -0.3 is 9.30 Å². The molecular weight excluding hydrogens is 254 g/mol. The van der Waals surface area contributed by atoms with Crippen LogP contribution in [0.4, 0.5) is 0 Å². The second-order valence-electron chi connectivity index (χ2n) is 4.41. The number of amides is 1. The average molecular weight is 271 g/mol. The quantitative estimate of drug-likeness (QED) is 0.685. The van der Waals surface area contributed by atoms with Crippen LogP contribution < -0.4 is 10.2 Å². The number of rotatable bonds is 4. The molecule has 0 aliphatic carbocycles. The van der Waals surface area contributed by atoms with E-state index in [-0.39, 0.29) is 5.91 Å². The fourth-order valence-corrected chi connectivity index (χ4v) is 1.89. The molecule has 1 heterocycles. The summed E-state index contributed by atoms with van der Waals surface area (Å²) in [6.45, 7) is 3.44. The smallest absolute Gasteiger partial charge is 0.236 e. The largest absolute Gasteiger partial charge is 0.497 e. The second kappa shape index (κ2) is 6.06. The van der Waals surface area contributed by atoms with E-state index in [0.717, 1.165) is 22.7 Å². The minimum atomic E-state index is -0.187. The van der Waals surface area contributed by atoms with Crippen LogP contribution in [0, 0.1) is 6.92 Å². The minimum absolute atomic E-state index is 0.187. The van der Waals surface area contributed by atoms with Gasteiger partial charge in [-0.2, -0.15) is 5.10 Å². The summed E-state index contributed by atoms with van der Waals surface area (Å²) in [5, 5.41) is 3.86. The highest BCUT2D eigenvalue weighted by atomic mass is 16.5. The molecule has 5 heteroatoms. The van der Waals surface area contributed by atoms with Crippen molar-refractivity contribution in [2.75, 3.05) is 7.11 Å². The predicted molar refractivity (Wildman–Crippen MR) is 78.5 cm³/mol. The Labute approximate surface area is 117 Å². The lowest BCUT2D eigenvalue weighted by atomic mass is 10.3. The van der Waals surface area contributed by atoms with E-state index in [4.69, 9.17) is 4.74 Å². The Morgan fingerprint density at radius 3 is 2.65 bits per heavy atom. The number of aryl methyl sites for hydroxylation is 1. The molecule has 0 aliphatic heterocycles. The average Bonchev–Trinajstić information content (AvgIpc) is 2.79. The van der Waals surface area contributed by atoms with Gasteiger partial charge in [0.15, 0.2) is 0 Å². The molecule has 104 valence electrons. The fourth-order valence-electron chi connectivity index (χ4n) is 1.89. The fraction of sp³-hybridized carbons (Fsp3) is 0.200. The molecule has 1 amide bonds. The number of aromatic nitrogens is 1. The number of nitrogens with one attached hydrogen (secondary N) is 1. The lowest BCUT2D eigenvalue weighted by molar-refractivity contribution is -0.118. The van der Waals surface area contributed by atoms with E-state index in [1.54, 1.807) is 13.3 Å². The first-order chi connectivity index (χ1) is 9.60. The zero-order valence-electron chi connectivity index (χ0n) is 11.8. The van der Waals surface area contributed by atoms with Crippen molar-refractivity contribution in [1.29, 1.82) is 0 Å². The summed E-state index contributed by atoms with van der Waals surface area (Å²) in [7, 11) is 1.65. The van der Waals surface area contributed by atoms with Gasteiger partial charge in [-0.05, 0) is 37.3 Å². The molecule has 0 saturated heterocycles. The number of methoxy groups -OCH3 is 1. The SMILES string of the molecule is COc1ccc(-n2cc(/C=N\NC(C)=O)cc2C)cc1. The van der Waals surface area contributed by atoms with E-state index in [0.29, 0.717) is 0 Å². The topological polar surface area (TPSA) is 55.6 Å². The number of ether oxygens (including phenoxy) is 1. The summed E-state index contributed by atoms with van der Waals surface area (Å²) < 4.78 is 7.20. The van der Waals surface area contributed by atoms with Crippen LogP contribution >= 0.6 is 0 Å². The van der Waals surface area contributed by atoms with Crippen molar-refractivity contribution in [1.82, 2.24) is 9.99 Å². The zero-order valence-corrected chi connectivity index (χ0v) is 11.8. The van der Waals surface area contributed by atoms with Crippen molar-refractivity contribution < 1.29 is 9.53 Å². The van der Waals surface area contributed by atoms with Gasteiger partial charge in [0.2, 0.25) is 5.91 Å². The van der Waals surface area contributed by atoms with E-state index in [2.05, 4.69) is 15.1 Å². The Bertz CT molecular complexity index is 627. The molecule has 20 heavy (non-hydrogen) atoms. The molecule has 2 aromatic rings. The number of carbonyl (C=O) groups is 1. The normalized spacial score (nSPS) is 10.8. The van der Waals surface area contributed by atoms with Crippen LogP contribution in [-0.2, 0) is 4.79 Å². The van der Waals surface area contributed by atoms with Gasteiger partial charge in [0.1, 0.15) is 5.75 Å². The van der Waals surface area contributed by atoms with Gasteiger partial charge in [0.05, 0.1) is 13.3 Å². The van der Waals surface area contributed by atoms with Crippen LogP contribution in [0.1, 0.15) is 18.2 Å². The monoisotopic (exact) mass is 271 g/mol. The molecule has 0 unspecified atom stereocenters. The Kier molecular flexibility index (Phi) is 4.20. The van der Waals surface area contributed by atoms with Gasteiger partial charge in [0, 0.05) is 30.1 Å². The third-order valence-electron chi connectivity index (χ3n) is 2.82. The Morgan fingerprint density at radius 2 is 2.05 bits per heavy atom. The van der Waals surface area contributed by atoms with Crippen LogP contribution in [0.2, 0.25) is 0 Å². The molecule has 0 atom stereocenters. The molecule has 0 saturated carbocycles. The molecule has 0 aliphatic rings. The molecule has 5 nitrogen and oxygen atoms in total. The second-order valence-corrected chi connectivity index (χ2v) is 4.41. The van der Waals surface area contributed by atoms with E-state index in [1.165, 1.54) is 6.92 Å². The number of nitrogens with zero attached hydrogens (tertiary/aromatic N) is 2. The van der Waals surface area contributed by atoms with Crippen molar-refractivity contribution in [3.05, 3.63) is 47.8 Å². The first-order valence-electron chi connectivity index (χ1n) is 6.23. The maximum absolute atomic E-state index is 10.7. The molecule has 0 radical (unpaired) electrons. The molecule has 1 N–H and O–H groups in total. The third-order valence-corrected chi connectivity index (χ3v) is 2.82. The number of carbonyl (C=O) groups excluding carboxylic acids is 1. The first-order valence-corrected chi connectivity index (χ1v) is 6.23. The van der Waals surface area contributed by atoms with Crippen LogP contribution in [0.3, 0.4) is 0 Å². The van der Waals surface area contributed by atoms with Gasteiger partial charge >= 0.3 is 0 Å². The van der Waals surface area contributed by atoms with E-state index in [9.17, 15) is 4.79 Å². The Hall–Kier alpha value is -2.56. The highest BCUT2D eigenvalue weighted by Crippen LogP contribution is 2.18. The molecule has 1 aromatic heterocycles. The number of hydrogen-bond acceptors (Lipinski definition) is 3. The number of hydrogen-bond donors (Lipinski definition) is 1. The predicted octanol–water partition coefficient (Wildman–Crippen LogP) is 2.26. The maximum atomic E-state index is 10.7. The summed E-state index contributed by atoms with van der Waals surface area (Å²) in [5.74, 6) is 0.638. The summed E-state index contributed by atoms with van der Waals surface area (Å²) in [4.78, 5) is 10.7. The van der Waals surface area contributed by atoms with Gasteiger partial charge in [0.25, 0.3) is 0 Å². The van der Waals surface area contributed by atoms with E-state index < -0.39 is 0 Å². The summed E-state index contributed by atoms with van der Waals surface area (Å²) >= 11 is 0. The lowest BCUT2D eigenvalue weighted by Crippen LogP contribution is -2.12. The first kappa shape index (κ1) is 13.9. The van der Waals surface area contributed by atoms with Crippen LogP contribution in [0.5, 0.6) is 5.75 Å².